The summed E-state index contributed by atoms with van der Waals surface area (Å²) in [5, 5.41) is 8.03. The summed E-state index contributed by atoms with van der Waals surface area (Å²) < 4.78 is 26.3. The van der Waals surface area contributed by atoms with Gasteiger partial charge in [-0.1, -0.05) is 42.5 Å². The van der Waals surface area contributed by atoms with Gasteiger partial charge in [-0.25, -0.2) is 18.6 Å². The summed E-state index contributed by atoms with van der Waals surface area (Å²) in [6, 6.07) is 19.7. The Balaban J connectivity index is 1.48. The van der Waals surface area contributed by atoms with Crippen molar-refractivity contribution in [1.29, 1.82) is 0 Å². The number of anilines is 2. The maximum atomic E-state index is 13.3. The Labute approximate surface area is 169 Å². The molecule has 0 unspecified atom stereocenters. The highest BCUT2D eigenvalue weighted by Crippen LogP contribution is 2.29. The number of thiazole rings is 1. The van der Waals surface area contributed by atoms with Crippen molar-refractivity contribution in [2.75, 3.05) is 10.6 Å². The Hall–Kier alpha value is -3.58. The van der Waals surface area contributed by atoms with Crippen molar-refractivity contribution in [3.8, 4) is 21.8 Å². The monoisotopic (exact) mass is 407 g/mol. The van der Waals surface area contributed by atoms with E-state index in [1.54, 1.807) is 23.5 Å². The molecule has 1 aromatic heterocycles. The zero-order valence-electron chi connectivity index (χ0n) is 15.0. The molecule has 4 nitrogen and oxygen atoms in total. The van der Waals surface area contributed by atoms with E-state index >= 15 is 0 Å². The van der Waals surface area contributed by atoms with Gasteiger partial charge in [-0.3, -0.25) is 0 Å². The number of amides is 2. The van der Waals surface area contributed by atoms with Gasteiger partial charge < -0.3 is 10.6 Å². The third-order valence-corrected chi connectivity index (χ3v) is 5.01. The first-order valence-electron chi connectivity index (χ1n) is 8.73. The lowest BCUT2D eigenvalue weighted by Crippen LogP contribution is -2.19. The molecule has 0 bridgehead atoms. The number of hydrogen-bond acceptors (Lipinski definition) is 3. The third-order valence-electron chi connectivity index (χ3n) is 4.12. The van der Waals surface area contributed by atoms with Gasteiger partial charge in [0, 0.05) is 33.9 Å². The minimum absolute atomic E-state index is 0.157. The second-order valence-electron chi connectivity index (χ2n) is 6.19. The van der Waals surface area contributed by atoms with Crippen LogP contribution in [0.25, 0.3) is 21.8 Å². The van der Waals surface area contributed by atoms with Crippen molar-refractivity contribution in [3.05, 3.63) is 89.8 Å². The predicted octanol–water partition coefficient (Wildman–Crippen LogP) is 6.40. The molecule has 0 saturated heterocycles. The number of hydrogen-bond donors (Lipinski definition) is 2. The Morgan fingerprint density at radius 2 is 1.52 bits per heavy atom. The fourth-order valence-corrected chi connectivity index (χ4v) is 3.58. The summed E-state index contributed by atoms with van der Waals surface area (Å²) in [7, 11) is 0. The number of carbonyl (C=O) groups is 1. The molecular formula is C22H15F2N3OS. The van der Waals surface area contributed by atoms with E-state index in [-0.39, 0.29) is 5.69 Å². The molecule has 0 aliphatic rings. The van der Waals surface area contributed by atoms with Crippen LogP contribution in [0.2, 0.25) is 0 Å². The van der Waals surface area contributed by atoms with Crippen LogP contribution in [-0.4, -0.2) is 11.0 Å². The maximum Gasteiger partial charge on any atom is 0.323 e. The van der Waals surface area contributed by atoms with Gasteiger partial charge in [-0.05, 0) is 24.3 Å². The Morgan fingerprint density at radius 3 is 2.28 bits per heavy atom. The van der Waals surface area contributed by atoms with E-state index in [0.717, 1.165) is 34.0 Å². The quantitative estimate of drug-likeness (QED) is 0.411. The molecule has 0 atom stereocenters. The molecule has 0 radical (unpaired) electrons. The van der Waals surface area contributed by atoms with Gasteiger partial charge in [0.1, 0.15) is 5.01 Å². The summed E-state index contributed by atoms with van der Waals surface area (Å²) in [6.07, 6.45) is 0. The van der Waals surface area contributed by atoms with E-state index in [9.17, 15) is 13.6 Å². The molecule has 0 saturated carbocycles. The molecule has 29 heavy (non-hydrogen) atoms. The van der Waals surface area contributed by atoms with Crippen molar-refractivity contribution < 1.29 is 13.6 Å². The molecule has 0 fully saturated rings. The molecule has 2 amide bonds. The topological polar surface area (TPSA) is 54.0 Å². The van der Waals surface area contributed by atoms with Crippen molar-refractivity contribution in [2.24, 2.45) is 0 Å². The van der Waals surface area contributed by atoms with E-state index in [1.165, 1.54) is 6.07 Å². The second kappa shape index (κ2) is 8.20. The third kappa shape index (κ3) is 4.47. The molecule has 3 aromatic carbocycles. The summed E-state index contributed by atoms with van der Waals surface area (Å²) in [5.41, 5.74) is 3.41. The average molecular weight is 407 g/mol. The van der Waals surface area contributed by atoms with Crippen LogP contribution in [0.15, 0.2) is 78.2 Å². The number of nitrogens with zero attached hydrogens (tertiary/aromatic N) is 1. The van der Waals surface area contributed by atoms with Gasteiger partial charge in [0.05, 0.1) is 5.69 Å². The fraction of sp³-hybridized carbons (Fsp3) is 0. The number of nitrogens with one attached hydrogen (secondary N) is 2. The Morgan fingerprint density at radius 1 is 0.793 bits per heavy atom. The summed E-state index contributed by atoms with van der Waals surface area (Å²) in [6.45, 7) is 0. The van der Waals surface area contributed by atoms with Crippen molar-refractivity contribution in [2.45, 2.75) is 0 Å². The first kappa shape index (κ1) is 18.8. The molecule has 7 heteroatoms. The lowest BCUT2D eigenvalue weighted by molar-refractivity contribution is 0.262. The first-order chi connectivity index (χ1) is 14.1. The number of urea groups is 1. The van der Waals surface area contributed by atoms with Gasteiger partial charge in [0.25, 0.3) is 0 Å². The fourth-order valence-electron chi connectivity index (χ4n) is 2.74. The van der Waals surface area contributed by atoms with E-state index in [4.69, 9.17) is 0 Å². The molecule has 0 spiro atoms. The van der Waals surface area contributed by atoms with E-state index in [2.05, 4.69) is 15.6 Å². The van der Waals surface area contributed by atoms with Gasteiger partial charge in [-0.15, -0.1) is 11.3 Å². The van der Waals surface area contributed by atoms with Crippen LogP contribution < -0.4 is 10.6 Å². The zero-order valence-corrected chi connectivity index (χ0v) is 15.8. The zero-order chi connectivity index (χ0) is 20.2. The standard InChI is InChI=1S/C22H15F2N3OS/c23-18-10-9-17(12-19(18)24)26-22(28)25-16-8-4-7-15(11-16)20-13-29-21(27-20)14-5-2-1-3-6-14/h1-13H,(H2,25,26,28). The minimum atomic E-state index is -1.03. The van der Waals surface area contributed by atoms with Crippen LogP contribution in [0.4, 0.5) is 25.0 Å². The molecule has 4 rings (SSSR count). The summed E-state index contributed by atoms with van der Waals surface area (Å²) >= 11 is 1.54. The van der Waals surface area contributed by atoms with Gasteiger partial charge >= 0.3 is 6.03 Å². The number of carbonyl (C=O) groups excluding carboxylic acids is 1. The Kier molecular flexibility index (Phi) is 5.31. The molecule has 2 N–H and O–H groups in total. The number of rotatable bonds is 4. The highest BCUT2D eigenvalue weighted by molar-refractivity contribution is 7.13. The van der Waals surface area contributed by atoms with Crippen molar-refractivity contribution in [1.82, 2.24) is 4.98 Å². The van der Waals surface area contributed by atoms with Crippen LogP contribution in [-0.2, 0) is 0 Å². The van der Waals surface area contributed by atoms with Crippen molar-refractivity contribution >= 4 is 28.7 Å². The summed E-state index contributed by atoms with van der Waals surface area (Å²) in [5.74, 6) is -2.00. The van der Waals surface area contributed by atoms with E-state index in [1.807, 2.05) is 47.8 Å². The molecule has 0 aliphatic heterocycles. The average Bonchev–Trinajstić information content (AvgIpc) is 3.22. The highest BCUT2D eigenvalue weighted by Gasteiger charge is 2.09. The van der Waals surface area contributed by atoms with E-state index < -0.39 is 17.7 Å². The lowest BCUT2D eigenvalue weighted by atomic mass is 10.1. The maximum absolute atomic E-state index is 13.3. The van der Waals surface area contributed by atoms with Crippen LogP contribution in [0, 0.1) is 11.6 Å². The molecule has 4 aromatic rings. The lowest BCUT2D eigenvalue weighted by Gasteiger charge is -2.09. The molecule has 0 aliphatic carbocycles. The van der Waals surface area contributed by atoms with Gasteiger partial charge in [-0.2, -0.15) is 0 Å². The van der Waals surface area contributed by atoms with Gasteiger partial charge in [0.15, 0.2) is 11.6 Å². The largest absolute Gasteiger partial charge is 0.323 e. The summed E-state index contributed by atoms with van der Waals surface area (Å²) in [4.78, 5) is 16.8. The van der Waals surface area contributed by atoms with Crippen LogP contribution in [0.5, 0.6) is 0 Å². The van der Waals surface area contributed by atoms with Crippen molar-refractivity contribution in [3.63, 3.8) is 0 Å². The molecule has 144 valence electrons. The SMILES string of the molecule is O=C(Nc1cccc(-c2csc(-c3ccccc3)n2)c1)Nc1ccc(F)c(F)c1. The number of halogens is 2. The van der Waals surface area contributed by atoms with Crippen LogP contribution in [0.3, 0.4) is 0 Å². The first-order valence-corrected chi connectivity index (χ1v) is 9.61. The Bertz CT molecular complexity index is 1160. The highest BCUT2D eigenvalue weighted by atomic mass is 32.1. The van der Waals surface area contributed by atoms with Crippen LogP contribution in [0.1, 0.15) is 0 Å². The van der Waals surface area contributed by atoms with E-state index in [0.29, 0.717) is 5.69 Å². The van der Waals surface area contributed by atoms with Gasteiger partial charge in [0.2, 0.25) is 0 Å². The van der Waals surface area contributed by atoms with Crippen LogP contribution >= 0.6 is 11.3 Å². The minimum Gasteiger partial charge on any atom is -0.308 e. The molecule has 1 heterocycles. The number of aromatic nitrogens is 1. The number of benzene rings is 3. The normalized spacial score (nSPS) is 10.6. The predicted molar refractivity (Wildman–Crippen MR) is 112 cm³/mol. The molecular weight excluding hydrogens is 392 g/mol. The smallest absolute Gasteiger partial charge is 0.308 e. The second-order valence-corrected chi connectivity index (χ2v) is 7.05.